The lowest BCUT2D eigenvalue weighted by molar-refractivity contribution is -0.140. The summed E-state index contributed by atoms with van der Waals surface area (Å²) in [5, 5.41) is 0. The molecule has 0 saturated carbocycles. The molecule has 0 aliphatic carbocycles. The van der Waals surface area contributed by atoms with Gasteiger partial charge in [-0.05, 0) is 24.0 Å². The number of halogens is 1. The molecule has 0 fully saturated rings. The molecule has 2 nitrogen and oxygen atoms in total. The van der Waals surface area contributed by atoms with Gasteiger partial charge in [-0.1, -0.05) is 47.1 Å². The minimum Gasteiger partial charge on any atom is -0.469 e. The minimum atomic E-state index is -0.174. The molecule has 0 aliphatic heterocycles. The number of carbonyl (C=O) groups is 1. The third kappa shape index (κ3) is 4.35. The molecule has 88 valence electrons. The average molecular weight is 285 g/mol. The van der Waals surface area contributed by atoms with Crippen LogP contribution >= 0.6 is 15.9 Å². The van der Waals surface area contributed by atoms with Crippen LogP contribution in [0.5, 0.6) is 0 Å². The number of carbonyl (C=O) groups excluding carboxylic acids is 1. The maximum atomic E-state index is 11.1. The van der Waals surface area contributed by atoms with Gasteiger partial charge < -0.3 is 4.74 Å². The highest BCUT2D eigenvalue weighted by atomic mass is 79.9. The lowest BCUT2D eigenvalue weighted by Gasteiger charge is -2.08. The maximum absolute atomic E-state index is 11.1. The van der Waals surface area contributed by atoms with Crippen LogP contribution in [0.25, 0.3) is 0 Å². The molecule has 0 radical (unpaired) electrons. The second kappa shape index (κ2) is 6.69. The first-order valence-corrected chi connectivity index (χ1v) is 6.36. The van der Waals surface area contributed by atoms with Crippen LogP contribution in [-0.2, 0) is 22.4 Å². The highest BCUT2D eigenvalue weighted by Gasteiger charge is 2.11. The SMILES string of the molecule is CCc1ccc(CC(Br)CC(=O)OC)cc1. The molecule has 0 spiro atoms. The van der Waals surface area contributed by atoms with Crippen molar-refractivity contribution in [3.05, 3.63) is 35.4 Å². The topological polar surface area (TPSA) is 26.3 Å². The van der Waals surface area contributed by atoms with Gasteiger partial charge in [-0.2, -0.15) is 0 Å². The molecular formula is C13H17BrO2. The Hall–Kier alpha value is -0.830. The van der Waals surface area contributed by atoms with Crippen molar-refractivity contribution in [2.45, 2.75) is 31.0 Å². The first-order chi connectivity index (χ1) is 7.65. The van der Waals surface area contributed by atoms with Gasteiger partial charge in [0, 0.05) is 4.83 Å². The number of rotatable bonds is 5. The average Bonchev–Trinajstić information content (AvgIpc) is 2.29. The molecule has 0 amide bonds. The van der Waals surface area contributed by atoms with Gasteiger partial charge >= 0.3 is 5.97 Å². The first kappa shape index (κ1) is 13.2. The molecular weight excluding hydrogens is 268 g/mol. The van der Waals surface area contributed by atoms with Crippen molar-refractivity contribution in [2.75, 3.05) is 7.11 Å². The van der Waals surface area contributed by atoms with Crippen LogP contribution < -0.4 is 0 Å². The van der Waals surface area contributed by atoms with Crippen LogP contribution in [0.15, 0.2) is 24.3 Å². The molecule has 0 saturated heterocycles. The quantitative estimate of drug-likeness (QED) is 0.613. The van der Waals surface area contributed by atoms with Crippen LogP contribution in [0, 0.1) is 0 Å². The number of esters is 1. The van der Waals surface area contributed by atoms with Crippen LogP contribution in [0.3, 0.4) is 0 Å². The molecule has 0 N–H and O–H groups in total. The van der Waals surface area contributed by atoms with Crippen LogP contribution in [0.2, 0.25) is 0 Å². The number of methoxy groups -OCH3 is 1. The summed E-state index contributed by atoms with van der Waals surface area (Å²) in [5.74, 6) is -0.174. The zero-order chi connectivity index (χ0) is 12.0. The van der Waals surface area contributed by atoms with Crippen LogP contribution in [-0.4, -0.2) is 17.9 Å². The van der Waals surface area contributed by atoms with Gasteiger partial charge in [-0.25, -0.2) is 0 Å². The predicted octanol–water partition coefficient (Wildman–Crippen LogP) is 3.12. The Bertz CT molecular complexity index is 332. The van der Waals surface area contributed by atoms with E-state index >= 15 is 0 Å². The number of hydrogen-bond donors (Lipinski definition) is 0. The normalized spacial score (nSPS) is 12.2. The van der Waals surface area contributed by atoms with Crippen LogP contribution in [0.4, 0.5) is 0 Å². The van der Waals surface area contributed by atoms with Crippen molar-refractivity contribution in [1.82, 2.24) is 0 Å². The molecule has 1 aromatic rings. The van der Waals surface area contributed by atoms with E-state index in [2.05, 4.69) is 51.9 Å². The first-order valence-electron chi connectivity index (χ1n) is 5.44. The van der Waals surface area contributed by atoms with E-state index in [1.54, 1.807) is 0 Å². The van der Waals surface area contributed by atoms with Crippen molar-refractivity contribution in [3.63, 3.8) is 0 Å². The van der Waals surface area contributed by atoms with Gasteiger partial charge in [0.25, 0.3) is 0 Å². The fourth-order valence-electron chi connectivity index (χ4n) is 1.50. The monoisotopic (exact) mass is 284 g/mol. The molecule has 1 rings (SSSR count). The summed E-state index contributed by atoms with van der Waals surface area (Å²) in [6.45, 7) is 2.14. The molecule has 1 unspecified atom stereocenters. The summed E-state index contributed by atoms with van der Waals surface area (Å²) in [4.78, 5) is 11.2. The van der Waals surface area contributed by atoms with Crippen molar-refractivity contribution in [1.29, 1.82) is 0 Å². The number of aryl methyl sites for hydroxylation is 1. The van der Waals surface area contributed by atoms with E-state index in [4.69, 9.17) is 0 Å². The van der Waals surface area contributed by atoms with E-state index < -0.39 is 0 Å². The Kier molecular flexibility index (Phi) is 5.53. The van der Waals surface area contributed by atoms with E-state index in [0.717, 1.165) is 12.8 Å². The molecule has 0 bridgehead atoms. The third-order valence-electron chi connectivity index (χ3n) is 2.50. The standard InChI is InChI=1S/C13H17BrO2/c1-3-10-4-6-11(7-5-10)8-12(14)9-13(15)16-2/h4-7,12H,3,8-9H2,1-2H3. The van der Waals surface area contributed by atoms with Gasteiger partial charge in [-0.3, -0.25) is 4.79 Å². The van der Waals surface area contributed by atoms with Gasteiger partial charge in [0.2, 0.25) is 0 Å². The Morgan fingerprint density at radius 3 is 2.38 bits per heavy atom. The van der Waals surface area contributed by atoms with Gasteiger partial charge in [-0.15, -0.1) is 0 Å². The fourth-order valence-corrected chi connectivity index (χ4v) is 2.14. The maximum Gasteiger partial charge on any atom is 0.306 e. The molecule has 0 aliphatic rings. The summed E-state index contributed by atoms with van der Waals surface area (Å²) in [5.41, 5.74) is 2.57. The second-order valence-corrected chi connectivity index (χ2v) is 5.05. The molecule has 1 atom stereocenters. The Morgan fingerprint density at radius 2 is 1.88 bits per heavy atom. The van der Waals surface area contributed by atoms with E-state index in [1.165, 1.54) is 18.2 Å². The summed E-state index contributed by atoms with van der Waals surface area (Å²) in [6, 6.07) is 8.50. The van der Waals surface area contributed by atoms with Crippen molar-refractivity contribution in [3.8, 4) is 0 Å². The van der Waals surface area contributed by atoms with E-state index in [0.29, 0.717) is 6.42 Å². The van der Waals surface area contributed by atoms with Crippen molar-refractivity contribution >= 4 is 21.9 Å². The highest BCUT2D eigenvalue weighted by Crippen LogP contribution is 2.15. The number of ether oxygens (including phenoxy) is 1. The largest absolute Gasteiger partial charge is 0.469 e. The van der Waals surface area contributed by atoms with Gasteiger partial charge in [0.1, 0.15) is 0 Å². The zero-order valence-electron chi connectivity index (χ0n) is 9.70. The fraction of sp³-hybridized carbons (Fsp3) is 0.462. The second-order valence-electron chi connectivity index (χ2n) is 3.75. The third-order valence-corrected chi connectivity index (χ3v) is 3.15. The summed E-state index contributed by atoms with van der Waals surface area (Å²) in [6.07, 6.45) is 2.31. The zero-order valence-corrected chi connectivity index (χ0v) is 11.3. The molecule has 0 heterocycles. The van der Waals surface area contributed by atoms with E-state index in [-0.39, 0.29) is 10.8 Å². The Balaban J connectivity index is 2.49. The lowest BCUT2D eigenvalue weighted by atomic mass is 10.1. The predicted molar refractivity (Wildman–Crippen MR) is 68.9 cm³/mol. The number of benzene rings is 1. The van der Waals surface area contributed by atoms with Crippen molar-refractivity contribution < 1.29 is 9.53 Å². The molecule has 3 heteroatoms. The smallest absolute Gasteiger partial charge is 0.306 e. The van der Waals surface area contributed by atoms with E-state index in [1.807, 2.05) is 0 Å². The number of hydrogen-bond acceptors (Lipinski definition) is 2. The Labute approximate surface area is 105 Å². The highest BCUT2D eigenvalue weighted by molar-refractivity contribution is 9.09. The van der Waals surface area contributed by atoms with E-state index in [9.17, 15) is 4.79 Å². The van der Waals surface area contributed by atoms with Gasteiger partial charge in [0.05, 0.1) is 13.5 Å². The summed E-state index contributed by atoms with van der Waals surface area (Å²) >= 11 is 3.49. The van der Waals surface area contributed by atoms with Crippen molar-refractivity contribution in [2.24, 2.45) is 0 Å². The minimum absolute atomic E-state index is 0.146. The van der Waals surface area contributed by atoms with Crippen LogP contribution in [0.1, 0.15) is 24.5 Å². The summed E-state index contributed by atoms with van der Waals surface area (Å²) in [7, 11) is 1.41. The molecule has 0 aromatic heterocycles. The van der Waals surface area contributed by atoms with Gasteiger partial charge in [0.15, 0.2) is 0 Å². The number of alkyl halides is 1. The summed E-state index contributed by atoms with van der Waals surface area (Å²) < 4.78 is 4.63. The lowest BCUT2D eigenvalue weighted by Crippen LogP contribution is -2.11. The molecule has 1 aromatic carbocycles. The Morgan fingerprint density at radius 1 is 1.31 bits per heavy atom. The molecule has 16 heavy (non-hydrogen) atoms.